The summed E-state index contributed by atoms with van der Waals surface area (Å²) in [5.41, 5.74) is 0. The molecule has 0 aliphatic heterocycles. The molecule has 1 fully saturated rings. The van der Waals surface area contributed by atoms with E-state index in [4.69, 9.17) is 18.5 Å². The third kappa shape index (κ3) is 32.4. The second kappa shape index (κ2) is 38.4. The van der Waals surface area contributed by atoms with Gasteiger partial charge < -0.3 is 49.7 Å². The SMILES string of the molecule is CC/C=C\C(O)C/C=C/C=C\C/C=C\C/C=C\CCCC(=O)O[C@H](COC(=O)CCC/C=C\C/C=C\C/C=C\C/C=C\CCCCC)COP(=O)(O)O[C@H]1C(O)C(O)C(O)[C@@H](OP(=O)(O)O)C1O. The molecule has 0 aromatic rings. The zero-order valence-corrected chi connectivity index (χ0v) is 41.4. The van der Waals surface area contributed by atoms with Crippen LogP contribution in [0, 0.1) is 0 Å². The molecule has 1 aliphatic rings. The average molecular weight is 1000 g/mol. The normalized spacial score (nSPS) is 22.7. The van der Waals surface area contributed by atoms with Gasteiger partial charge in [-0.3, -0.25) is 23.2 Å². The summed E-state index contributed by atoms with van der Waals surface area (Å²) in [6.45, 7) is 2.73. The molecule has 386 valence electrons. The van der Waals surface area contributed by atoms with E-state index in [0.717, 1.165) is 38.5 Å². The molecule has 0 bridgehead atoms. The first-order valence-corrected chi connectivity index (χ1v) is 26.6. The summed E-state index contributed by atoms with van der Waals surface area (Å²) in [7, 11) is -10.7. The van der Waals surface area contributed by atoms with Gasteiger partial charge in [0.15, 0.2) is 6.10 Å². The zero-order valence-electron chi connectivity index (χ0n) is 39.6. The Morgan fingerprint density at radius 3 is 1.57 bits per heavy atom. The molecule has 1 saturated carbocycles. The Hall–Kier alpha value is -3.38. The first-order chi connectivity index (χ1) is 32.5. The van der Waals surface area contributed by atoms with Gasteiger partial charge in [0, 0.05) is 12.8 Å². The summed E-state index contributed by atoms with van der Waals surface area (Å²) >= 11 is 0. The number of allylic oxidation sites excluding steroid dienone is 16. The van der Waals surface area contributed by atoms with Gasteiger partial charge in [-0.1, -0.05) is 136 Å². The lowest BCUT2D eigenvalue weighted by molar-refractivity contribution is -0.216. The van der Waals surface area contributed by atoms with Crippen LogP contribution in [0.2, 0.25) is 0 Å². The Balaban J connectivity index is 2.70. The van der Waals surface area contributed by atoms with E-state index in [2.05, 4.69) is 47.9 Å². The van der Waals surface area contributed by atoms with E-state index >= 15 is 0 Å². The van der Waals surface area contributed by atoms with Crippen molar-refractivity contribution < 1.29 is 82.0 Å². The van der Waals surface area contributed by atoms with Crippen molar-refractivity contribution in [1.29, 1.82) is 0 Å². The van der Waals surface area contributed by atoms with Crippen LogP contribution < -0.4 is 0 Å². The smallest absolute Gasteiger partial charge is 0.462 e. The molecule has 6 unspecified atom stereocenters. The summed E-state index contributed by atoms with van der Waals surface area (Å²) in [5, 5.41) is 51.0. The largest absolute Gasteiger partial charge is 0.472 e. The van der Waals surface area contributed by atoms with Crippen molar-refractivity contribution >= 4 is 27.6 Å². The monoisotopic (exact) mass is 1000 g/mol. The lowest BCUT2D eigenvalue weighted by Gasteiger charge is -2.43. The highest BCUT2D eigenvalue weighted by molar-refractivity contribution is 7.47. The number of hydrogen-bond acceptors (Lipinski definition) is 14. The molecule has 19 heteroatoms. The number of phosphoric ester groups is 2. The van der Waals surface area contributed by atoms with Crippen molar-refractivity contribution in [2.75, 3.05) is 13.2 Å². The summed E-state index contributed by atoms with van der Waals surface area (Å²) in [5.74, 6) is -1.38. The topological polar surface area (TPSA) is 276 Å². The number of phosphoric acid groups is 2. The molecule has 9 atom stereocenters. The fourth-order valence-corrected chi connectivity index (χ4v) is 7.79. The fraction of sp³-hybridized carbons (Fsp3) is 0.592. The number of rotatable bonds is 37. The maximum absolute atomic E-state index is 13.0. The van der Waals surface area contributed by atoms with Gasteiger partial charge in [-0.2, -0.15) is 0 Å². The van der Waals surface area contributed by atoms with E-state index in [1.807, 2.05) is 73.8 Å². The highest BCUT2D eigenvalue weighted by Gasteiger charge is 2.54. The number of unbranched alkanes of at least 4 members (excludes halogenated alkanes) is 5. The predicted molar refractivity (Wildman–Crippen MR) is 261 cm³/mol. The van der Waals surface area contributed by atoms with Crippen molar-refractivity contribution in [3.8, 4) is 0 Å². The number of aliphatic hydroxyl groups is 5. The van der Waals surface area contributed by atoms with E-state index in [1.54, 1.807) is 6.08 Å². The summed E-state index contributed by atoms with van der Waals surface area (Å²) in [6, 6.07) is 0. The second-order valence-corrected chi connectivity index (χ2v) is 18.5. The zero-order chi connectivity index (χ0) is 50.5. The summed E-state index contributed by atoms with van der Waals surface area (Å²) in [4.78, 5) is 54.2. The number of ether oxygens (including phenoxy) is 2. The van der Waals surface area contributed by atoms with Gasteiger partial charge >= 0.3 is 27.6 Å². The molecule has 17 nitrogen and oxygen atoms in total. The molecule has 68 heavy (non-hydrogen) atoms. The number of esters is 2. The first-order valence-electron chi connectivity index (χ1n) is 23.5. The van der Waals surface area contributed by atoms with Crippen LogP contribution in [0.5, 0.6) is 0 Å². The molecule has 0 aromatic carbocycles. The van der Waals surface area contributed by atoms with E-state index in [-0.39, 0.29) is 12.8 Å². The minimum Gasteiger partial charge on any atom is -0.462 e. The van der Waals surface area contributed by atoms with Crippen LogP contribution in [0.3, 0.4) is 0 Å². The molecule has 1 rings (SSSR count). The standard InChI is InChI=1S/C49H78O17P2/c1-3-5-7-8-9-10-11-12-13-14-15-16-20-23-26-29-32-36-42(51)62-38-41(39-63-68(60,61)66-49-46(55)44(53)45(54)48(47(49)56)65-67(57,58)59)64-43(52)37-33-30-27-24-21-18-17-19-22-25-28-31-35-40(50)34-6-4-2/h6,9-10,12-13,15-18,22-28,31,34,40-41,44-50,53-56H,3-5,7-8,11,14,19-21,29-30,32-33,35-39H2,1-2H3,(H,60,61)(H2,57,58,59)/b10-9-,13-12-,16-15-,18-17-,25-22-,26-23-,27-24-,31-28+,34-6-/t40?,41-,44?,45?,46?,47?,48-,49+/m1/s1. The van der Waals surface area contributed by atoms with Crippen molar-refractivity contribution in [3.05, 3.63) is 109 Å². The van der Waals surface area contributed by atoms with Crippen LogP contribution >= 0.6 is 15.6 Å². The minimum absolute atomic E-state index is 0.0173. The van der Waals surface area contributed by atoms with Gasteiger partial charge in [-0.25, -0.2) is 9.13 Å². The van der Waals surface area contributed by atoms with Crippen molar-refractivity contribution in [2.24, 2.45) is 0 Å². The first kappa shape index (κ1) is 62.6. The van der Waals surface area contributed by atoms with Gasteiger partial charge in [-0.05, 0) is 83.5 Å². The lowest BCUT2D eigenvalue weighted by Crippen LogP contribution is -2.64. The molecule has 0 saturated heterocycles. The Kier molecular flexibility index (Phi) is 35.4. The van der Waals surface area contributed by atoms with Gasteiger partial charge in [0.1, 0.15) is 43.2 Å². The Morgan fingerprint density at radius 1 is 0.559 bits per heavy atom. The van der Waals surface area contributed by atoms with E-state index < -0.39 is 89.6 Å². The molecule has 0 amide bonds. The molecule has 0 spiro atoms. The molecular formula is C49H78O17P2. The fourth-order valence-electron chi connectivity index (χ4n) is 6.25. The Morgan fingerprint density at radius 2 is 1.04 bits per heavy atom. The third-order valence-electron chi connectivity index (χ3n) is 9.91. The van der Waals surface area contributed by atoms with E-state index in [1.165, 1.54) is 19.3 Å². The van der Waals surface area contributed by atoms with Crippen LogP contribution in [0.1, 0.15) is 123 Å². The van der Waals surface area contributed by atoms with Crippen LogP contribution in [0.15, 0.2) is 109 Å². The van der Waals surface area contributed by atoms with Gasteiger partial charge in [0.2, 0.25) is 0 Å². The van der Waals surface area contributed by atoms with Crippen molar-refractivity contribution in [1.82, 2.24) is 0 Å². The van der Waals surface area contributed by atoms with Gasteiger partial charge in [0.05, 0.1) is 12.7 Å². The highest BCUT2D eigenvalue weighted by Crippen LogP contribution is 2.49. The quantitative estimate of drug-likeness (QED) is 0.00965. The van der Waals surface area contributed by atoms with Gasteiger partial charge in [-0.15, -0.1) is 0 Å². The van der Waals surface area contributed by atoms with Crippen LogP contribution in [0.25, 0.3) is 0 Å². The number of aliphatic hydroxyl groups excluding tert-OH is 5. The predicted octanol–water partition coefficient (Wildman–Crippen LogP) is 7.92. The molecule has 8 N–H and O–H groups in total. The highest BCUT2D eigenvalue weighted by atomic mass is 31.2. The molecule has 0 heterocycles. The Bertz CT molecular complexity index is 1750. The Labute approximate surface area is 402 Å². The second-order valence-electron chi connectivity index (χ2n) is 15.9. The maximum atomic E-state index is 13.0. The van der Waals surface area contributed by atoms with Crippen LogP contribution in [-0.2, 0) is 41.8 Å². The molecule has 0 aromatic heterocycles. The van der Waals surface area contributed by atoms with E-state index in [9.17, 15) is 58.9 Å². The van der Waals surface area contributed by atoms with Crippen LogP contribution in [-0.4, -0.2) is 114 Å². The summed E-state index contributed by atoms with van der Waals surface area (Å²) < 4.78 is 49.2. The number of hydrogen-bond donors (Lipinski definition) is 8. The lowest BCUT2D eigenvalue weighted by atomic mass is 9.85. The molecule has 0 radical (unpaired) electrons. The number of carbonyl (C=O) groups is 2. The van der Waals surface area contributed by atoms with E-state index in [0.29, 0.717) is 38.5 Å². The minimum atomic E-state index is -5.39. The summed E-state index contributed by atoms with van der Waals surface area (Å²) in [6.07, 6.45) is 32.5. The van der Waals surface area contributed by atoms with Crippen molar-refractivity contribution in [3.63, 3.8) is 0 Å². The molecule has 1 aliphatic carbocycles. The third-order valence-corrected chi connectivity index (χ3v) is 11.4. The van der Waals surface area contributed by atoms with Gasteiger partial charge in [0.25, 0.3) is 0 Å². The maximum Gasteiger partial charge on any atom is 0.472 e. The van der Waals surface area contributed by atoms with Crippen LogP contribution in [0.4, 0.5) is 0 Å². The van der Waals surface area contributed by atoms with Crippen molar-refractivity contribution in [2.45, 2.75) is 172 Å². The number of carbonyl (C=O) groups excluding carboxylic acids is 2. The molecular weight excluding hydrogens is 922 g/mol. The average Bonchev–Trinajstić information content (AvgIpc) is 3.29.